The highest BCUT2D eigenvalue weighted by Crippen LogP contribution is 2.30. The predicted molar refractivity (Wildman–Crippen MR) is 111 cm³/mol. The highest BCUT2D eigenvalue weighted by molar-refractivity contribution is 6.30. The lowest BCUT2D eigenvalue weighted by molar-refractivity contribution is 0.0697. The third kappa shape index (κ3) is 4.09. The fourth-order valence-corrected chi connectivity index (χ4v) is 3.74. The number of carboxylic acid groups (broad SMARTS) is 1. The van der Waals surface area contributed by atoms with Crippen LogP contribution in [0.1, 0.15) is 27.5 Å². The molecule has 7 heteroatoms. The standard InChI is InChI=1S/C22H19ClFN3O2/c23-18-4-2-14(10-19(18)24)13-1-3-16-15(9-13)5-8-26-21(16)12-27-20-11-25-7-6-17(20)22(28)29/h1-4,6-7,9-11,21,26-27H,5,8,12H2,(H,28,29)/t21-/m1/s1. The largest absolute Gasteiger partial charge is 0.478 e. The lowest BCUT2D eigenvalue weighted by atomic mass is 9.90. The molecule has 0 saturated carbocycles. The van der Waals surface area contributed by atoms with Crippen molar-refractivity contribution in [1.29, 1.82) is 0 Å². The molecule has 2 heterocycles. The topological polar surface area (TPSA) is 74.2 Å². The Hall–Kier alpha value is -2.96. The fraction of sp³-hybridized carbons (Fsp3) is 0.182. The first-order valence-corrected chi connectivity index (χ1v) is 9.63. The van der Waals surface area contributed by atoms with Gasteiger partial charge >= 0.3 is 5.97 Å². The number of aromatic nitrogens is 1. The Bertz CT molecular complexity index is 1070. The molecule has 2 aromatic carbocycles. The number of aromatic carboxylic acids is 1. The summed E-state index contributed by atoms with van der Waals surface area (Å²) in [6.45, 7) is 1.32. The second-order valence-electron chi connectivity index (χ2n) is 6.91. The SMILES string of the molecule is O=C(O)c1ccncc1NC[C@H]1NCCc2cc(-c3ccc(Cl)c(F)c3)ccc21. The molecule has 0 amide bonds. The molecule has 3 aromatic rings. The van der Waals surface area contributed by atoms with Gasteiger partial charge < -0.3 is 15.7 Å². The number of carboxylic acids is 1. The average molecular weight is 412 g/mol. The number of nitrogens with one attached hydrogen (secondary N) is 2. The summed E-state index contributed by atoms with van der Waals surface area (Å²) in [5, 5.41) is 16.1. The lowest BCUT2D eigenvalue weighted by Crippen LogP contribution is -2.34. The van der Waals surface area contributed by atoms with E-state index >= 15 is 0 Å². The maximum atomic E-state index is 13.8. The summed E-state index contributed by atoms with van der Waals surface area (Å²) in [5.41, 5.74) is 4.73. The molecular formula is C22H19ClFN3O2. The first-order chi connectivity index (χ1) is 14.0. The van der Waals surface area contributed by atoms with Crippen LogP contribution < -0.4 is 10.6 Å². The molecule has 29 heavy (non-hydrogen) atoms. The monoisotopic (exact) mass is 411 g/mol. The van der Waals surface area contributed by atoms with Crippen molar-refractivity contribution in [3.05, 3.63) is 82.4 Å². The summed E-state index contributed by atoms with van der Waals surface area (Å²) in [7, 11) is 0. The highest BCUT2D eigenvalue weighted by atomic mass is 35.5. The molecule has 1 aliphatic rings. The first-order valence-electron chi connectivity index (χ1n) is 9.26. The van der Waals surface area contributed by atoms with Crippen LogP contribution >= 0.6 is 11.6 Å². The third-order valence-electron chi connectivity index (χ3n) is 5.10. The van der Waals surface area contributed by atoms with Crippen molar-refractivity contribution in [3.8, 4) is 11.1 Å². The molecule has 0 bridgehead atoms. The van der Waals surface area contributed by atoms with E-state index in [2.05, 4.69) is 21.7 Å². The van der Waals surface area contributed by atoms with Gasteiger partial charge in [-0.05, 0) is 53.4 Å². The van der Waals surface area contributed by atoms with Crippen LogP contribution in [0.5, 0.6) is 0 Å². The number of nitrogens with zero attached hydrogens (tertiary/aromatic N) is 1. The van der Waals surface area contributed by atoms with E-state index in [1.807, 2.05) is 18.2 Å². The van der Waals surface area contributed by atoms with Gasteiger partial charge in [0.25, 0.3) is 0 Å². The van der Waals surface area contributed by atoms with Crippen molar-refractivity contribution < 1.29 is 14.3 Å². The van der Waals surface area contributed by atoms with Gasteiger partial charge in [0.15, 0.2) is 0 Å². The summed E-state index contributed by atoms with van der Waals surface area (Å²) < 4.78 is 13.8. The van der Waals surface area contributed by atoms with Crippen LogP contribution in [-0.4, -0.2) is 29.1 Å². The van der Waals surface area contributed by atoms with Gasteiger partial charge in [-0.25, -0.2) is 9.18 Å². The molecule has 1 aromatic heterocycles. The maximum absolute atomic E-state index is 13.8. The molecule has 0 aliphatic carbocycles. The number of pyridine rings is 1. The number of anilines is 1. The minimum Gasteiger partial charge on any atom is -0.478 e. The summed E-state index contributed by atoms with van der Waals surface area (Å²) in [4.78, 5) is 15.4. The van der Waals surface area contributed by atoms with Crippen LogP contribution in [0.2, 0.25) is 5.02 Å². The van der Waals surface area contributed by atoms with Gasteiger partial charge in [0.2, 0.25) is 0 Å². The number of benzene rings is 2. The lowest BCUT2D eigenvalue weighted by Gasteiger charge is -2.28. The fourth-order valence-electron chi connectivity index (χ4n) is 3.62. The van der Waals surface area contributed by atoms with Gasteiger partial charge in [0, 0.05) is 18.8 Å². The number of hydrogen-bond acceptors (Lipinski definition) is 4. The molecule has 0 radical (unpaired) electrons. The zero-order chi connectivity index (χ0) is 20.4. The van der Waals surface area contributed by atoms with Gasteiger partial charge in [-0.3, -0.25) is 4.98 Å². The van der Waals surface area contributed by atoms with E-state index in [1.54, 1.807) is 6.07 Å². The van der Waals surface area contributed by atoms with E-state index < -0.39 is 11.8 Å². The number of halogens is 2. The van der Waals surface area contributed by atoms with E-state index in [1.165, 1.54) is 30.1 Å². The molecule has 1 aliphatic heterocycles. The molecule has 0 spiro atoms. The molecule has 4 rings (SSSR count). The zero-order valence-corrected chi connectivity index (χ0v) is 16.2. The van der Waals surface area contributed by atoms with Gasteiger partial charge in [-0.2, -0.15) is 0 Å². The Kier molecular flexibility index (Phi) is 5.47. The first kappa shape index (κ1) is 19.4. The van der Waals surface area contributed by atoms with Crippen LogP contribution in [0.15, 0.2) is 54.9 Å². The summed E-state index contributed by atoms with van der Waals surface area (Å²) in [5.74, 6) is -1.43. The Labute approximate surface area is 172 Å². The number of hydrogen-bond donors (Lipinski definition) is 3. The van der Waals surface area contributed by atoms with Crippen molar-refractivity contribution in [2.45, 2.75) is 12.5 Å². The molecule has 0 saturated heterocycles. The Balaban J connectivity index is 1.56. The van der Waals surface area contributed by atoms with Crippen LogP contribution in [-0.2, 0) is 6.42 Å². The van der Waals surface area contributed by atoms with Crippen molar-refractivity contribution in [2.75, 3.05) is 18.4 Å². The van der Waals surface area contributed by atoms with E-state index in [-0.39, 0.29) is 16.6 Å². The molecular weight excluding hydrogens is 393 g/mol. The molecule has 0 fully saturated rings. The number of rotatable bonds is 5. The van der Waals surface area contributed by atoms with Crippen LogP contribution in [0.3, 0.4) is 0 Å². The van der Waals surface area contributed by atoms with E-state index in [0.717, 1.165) is 29.7 Å². The minimum atomic E-state index is -0.994. The second-order valence-corrected chi connectivity index (χ2v) is 7.31. The quantitative estimate of drug-likeness (QED) is 0.574. The Morgan fingerprint density at radius 3 is 2.83 bits per heavy atom. The van der Waals surface area contributed by atoms with Gasteiger partial charge in [-0.15, -0.1) is 0 Å². The minimum absolute atomic E-state index is 0.0246. The van der Waals surface area contributed by atoms with Crippen LogP contribution in [0.25, 0.3) is 11.1 Å². The van der Waals surface area contributed by atoms with Crippen molar-refractivity contribution >= 4 is 23.3 Å². The normalized spacial score (nSPS) is 15.6. The number of carbonyl (C=O) groups is 1. The van der Waals surface area contributed by atoms with Crippen molar-refractivity contribution in [3.63, 3.8) is 0 Å². The van der Waals surface area contributed by atoms with Gasteiger partial charge in [0.05, 0.1) is 22.5 Å². The van der Waals surface area contributed by atoms with E-state index in [9.17, 15) is 14.3 Å². The van der Waals surface area contributed by atoms with Crippen molar-refractivity contribution in [2.24, 2.45) is 0 Å². The average Bonchev–Trinajstić information content (AvgIpc) is 2.74. The smallest absolute Gasteiger partial charge is 0.337 e. The van der Waals surface area contributed by atoms with Crippen molar-refractivity contribution in [1.82, 2.24) is 10.3 Å². The van der Waals surface area contributed by atoms with Gasteiger partial charge in [-0.1, -0.05) is 35.9 Å². The second kappa shape index (κ2) is 8.19. The summed E-state index contributed by atoms with van der Waals surface area (Å²) in [6, 6.07) is 12.4. The zero-order valence-electron chi connectivity index (χ0n) is 15.5. The third-order valence-corrected chi connectivity index (χ3v) is 5.41. The Morgan fingerprint density at radius 1 is 1.24 bits per heavy atom. The van der Waals surface area contributed by atoms with Gasteiger partial charge in [0.1, 0.15) is 5.82 Å². The predicted octanol–water partition coefficient (Wildman–Crippen LogP) is 4.54. The van der Waals surface area contributed by atoms with E-state index in [0.29, 0.717) is 12.2 Å². The molecule has 1 atom stereocenters. The summed E-state index contributed by atoms with van der Waals surface area (Å²) >= 11 is 5.79. The molecule has 0 unspecified atom stereocenters. The number of fused-ring (bicyclic) bond motifs is 1. The molecule has 3 N–H and O–H groups in total. The summed E-state index contributed by atoms with van der Waals surface area (Å²) in [6.07, 6.45) is 3.85. The molecule has 148 valence electrons. The van der Waals surface area contributed by atoms with E-state index in [4.69, 9.17) is 11.6 Å². The Morgan fingerprint density at radius 2 is 2.03 bits per heavy atom. The maximum Gasteiger partial charge on any atom is 0.337 e. The highest BCUT2D eigenvalue weighted by Gasteiger charge is 2.21. The molecule has 5 nitrogen and oxygen atoms in total. The van der Waals surface area contributed by atoms with Crippen LogP contribution in [0.4, 0.5) is 10.1 Å². The van der Waals surface area contributed by atoms with Crippen LogP contribution in [0, 0.1) is 5.82 Å².